The van der Waals surface area contributed by atoms with Crippen LogP contribution in [-0.4, -0.2) is 44.7 Å². The van der Waals surface area contributed by atoms with Crippen molar-refractivity contribution in [3.05, 3.63) is 11.9 Å². The fourth-order valence-electron chi connectivity index (χ4n) is 2.17. The topological polar surface area (TPSA) is 61.9 Å². The summed E-state index contributed by atoms with van der Waals surface area (Å²) in [6.07, 6.45) is 5.54. The van der Waals surface area contributed by atoms with Gasteiger partial charge in [0.1, 0.15) is 0 Å². The van der Waals surface area contributed by atoms with Gasteiger partial charge in [-0.2, -0.15) is 15.4 Å². The zero-order valence-electron chi connectivity index (χ0n) is 9.03. The standard InChI is InChI=1S/C10H15ClN4O/c11-5-1-3-8-4-2-6-15(8)10(16)9-7-12-14-13-9/h7-8H,1-6H2,(H,12,13,14). The number of likely N-dealkylation sites (tertiary alicyclic amines) is 1. The lowest BCUT2D eigenvalue weighted by atomic mass is 10.1. The van der Waals surface area contributed by atoms with Gasteiger partial charge in [0.2, 0.25) is 0 Å². The number of hydrogen-bond donors (Lipinski definition) is 1. The van der Waals surface area contributed by atoms with Crippen molar-refractivity contribution in [2.45, 2.75) is 31.7 Å². The molecule has 1 aromatic heterocycles. The largest absolute Gasteiger partial charge is 0.334 e. The van der Waals surface area contributed by atoms with Gasteiger partial charge < -0.3 is 4.90 Å². The maximum Gasteiger partial charge on any atom is 0.276 e. The highest BCUT2D eigenvalue weighted by atomic mass is 35.5. The summed E-state index contributed by atoms with van der Waals surface area (Å²) in [6, 6.07) is 0.322. The number of amides is 1. The van der Waals surface area contributed by atoms with Crippen LogP contribution in [0.5, 0.6) is 0 Å². The van der Waals surface area contributed by atoms with E-state index in [0.717, 1.165) is 32.2 Å². The molecule has 0 bridgehead atoms. The zero-order chi connectivity index (χ0) is 11.4. The molecular weight excluding hydrogens is 228 g/mol. The molecule has 0 aliphatic carbocycles. The van der Waals surface area contributed by atoms with E-state index in [-0.39, 0.29) is 5.91 Å². The number of alkyl halides is 1. The van der Waals surface area contributed by atoms with Crippen LogP contribution in [0.1, 0.15) is 36.2 Å². The molecular formula is C10H15ClN4O. The van der Waals surface area contributed by atoms with Crippen LogP contribution in [0.4, 0.5) is 0 Å². The Morgan fingerprint density at radius 3 is 3.25 bits per heavy atom. The van der Waals surface area contributed by atoms with Gasteiger partial charge >= 0.3 is 0 Å². The minimum absolute atomic E-state index is 0.0224. The van der Waals surface area contributed by atoms with Gasteiger partial charge in [-0.3, -0.25) is 4.79 Å². The van der Waals surface area contributed by atoms with Crippen LogP contribution in [0.2, 0.25) is 0 Å². The highest BCUT2D eigenvalue weighted by molar-refractivity contribution is 6.17. The van der Waals surface area contributed by atoms with Gasteiger partial charge in [-0.25, -0.2) is 0 Å². The first-order valence-electron chi connectivity index (χ1n) is 5.55. The second kappa shape index (κ2) is 5.30. The maximum absolute atomic E-state index is 12.1. The summed E-state index contributed by atoms with van der Waals surface area (Å²) in [5.74, 6) is 0.633. The Balaban J connectivity index is 1.99. The molecule has 2 rings (SSSR count). The van der Waals surface area contributed by atoms with Gasteiger partial charge in [-0.15, -0.1) is 11.6 Å². The predicted molar refractivity (Wildman–Crippen MR) is 60.4 cm³/mol. The molecule has 1 N–H and O–H groups in total. The number of aromatic amines is 1. The molecule has 0 aromatic carbocycles. The fraction of sp³-hybridized carbons (Fsp3) is 0.700. The van der Waals surface area contributed by atoms with Gasteiger partial charge in [-0.05, 0) is 25.7 Å². The first-order valence-corrected chi connectivity index (χ1v) is 6.09. The Morgan fingerprint density at radius 1 is 1.69 bits per heavy atom. The van der Waals surface area contributed by atoms with Gasteiger partial charge in [0.05, 0.1) is 6.20 Å². The van der Waals surface area contributed by atoms with Crippen LogP contribution < -0.4 is 0 Å². The number of nitrogens with one attached hydrogen (secondary N) is 1. The van der Waals surface area contributed by atoms with E-state index in [1.807, 2.05) is 4.90 Å². The van der Waals surface area contributed by atoms with E-state index in [1.165, 1.54) is 6.20 Å². The van der Waals surface area contributed by atoms with Crippen molar-refractivity contribution < 1.29 is 4.79 Å². The summed E-state index contributed by atoms with van der Waals surface area (Å²) in [5.41, 5.74) is 0.401. The molecule has 16 heavy (non-hydrogen) atoms. The number of nitrogens with zero attached hydrogens (tertiary/aromatic N) is 3. The van der Waals surface area contributed by atoms with Gasteiger partial charge in [0.25, 0.3) is 5.91 Å². The molecule has 2 heterocycles. The Kier molecular flexibility index (Phi) is 3.77. The molecule has 6 heteroatoms. The lowest BCUT2D eigenvalue weighted by Gasteiger charge is -2.23. The summed E-state index contributed by atoms with van der Waals surface area (Å²) in [5, 5.41) is 9.94. The van der Waals surface area contributed by atoms with E-state index in [0.29, 0.717) is 17.6 Å². The summed E-state index contributed by atoms with van der Waals surface area (Å²) in [4.78, 5) is 13.9. The van der Waals surface area contributed by atoms with Gasteiger partial charge in [-0.1, -0.05) is 0 Å². The van der Waals surface area contributed by atoms with E-state index < -0.39 is 0 Å². The molecule has 1 aliphatic rings. The summed E-state index contributed by atoms with van der Waals surface area (Å²) >= 11 is 5.68. The number of carbonyl (C=O) groups excluding carboxylic acids is 1. The summed E-state index contributed by atoms with van der Waals surface area (Å²) in [7, 11) is 0. The monoisotopic (exact) mass is 242 g/mol. The van der Waals surface area contributed by atoms with Crippen LogP contribution in [0.3, 0.4) is 0 Å². The minimum atomic E-state index is -0.0224. The predicted octanol–water partition coefficient (Wildman–Crippen LogP) is 1.43. The molecule has 88 valence electrons. The van der Waals surface area contributed by atoms with Crippen LogP contribution >= 0.6 is 11.6 Å². The molecule has 1 aliphatic heterocycles. The molecule has 1 aromatic rings. The molecule has 1 fully saturated rings. The molecule has 0 radical (unpaired) electrons. The van der Waals surface area contributed by atoms with Crippen molar-refractivity contribution in [2.75, 3.05) is 12.4 Å². The normalized spacial score (nSPS) is 20.3. The van der Waals surface area contributed by atoms with E-state index in [4.69, 9.17) is 11.6 Å². The molecule has 1 saturated heterocycles. The Bertz CT molecular complexity index is 341. The van der Waals surface area contributed by atoms with Crippen molar-refractivity contribution in [3.8, 4) is 0 Å². The van der Waals surface area contributed by atoms with Crippen molar-refractivity contribution in [3.63, 3.8) is 0 Å². The molecule has 1 amide bonds. The highest BCUT2D eigenvalue weighted by Crippen LogP contribution is 2.23. The smallest absolute Gasteiger partial charge is 0.276 e. The summed E-state index contributed by atoms with van der Waals surface area (Å²) < 4.78 is 0. The molecule has 5 nitrogen and oxygen atoms in total. The SMILES string of the molecule is O=C(c1cn[nH]n1)N1CCCC1CCCCl. The summed E-state index contributed by atoms with van der Waals surface area (Å²) in [6.45, 7) is 0.818. The number of rotatable bonds is 4. The molecule has 0 spiro atoms. The van der Waals surface area contributed by atoms with Crippen molar-refractivity contribution in [2.24, 2.45) is 0 Å². The molecule has 1 unspecified atom stereocenters. The maximum atomic E-state index is 12.1. The van der Waals surface area contributed by atoms with Crippen molar-refractivity contribution in [1.29, 1.82) is 0 Å². The minimum Gasteiger partial charge on any atom is -0.334 e. The van der Waals surface area contributed by atoms with E-state index in [2.05, 4.69) is 15.4 Å². The van der Waals surface area contributed by atoms with E-state index in [9.17, 15) is 4.79 Å². The van der Waals surface area contributed by atoms with Crippen LogP contribution in [0.25, 0.3) is 0 Å². The van der Waals surface area contributed by atoms with E-state index in [1.54, 1.807) is 0 Å². The van der Waals surface area contributed by atoms with Gasteiger partial charge in [0.15, 0.2) is 5.69 Å². The third-order valence-electron chi connectivity index (χ3n) is 2.94. The molecule has 0 saturated carbocycles. The highest BCUT2D eigenvalue weighted by Gasteiger charge is 2.29. The second-order valence-electron chi connectivity index (χ2n) is 3.98. The quantitative estimate of drug-likeness (QED) is 0.813. The first kappa shape index (κ1) is 11.4. The van der Waals surface area contributed by atoms with Crippen molar-refractivity contribution in [1.82, 2.24) is 20.3 Å². The Hall–Kier alpha value is -1.10. The number of halogens is 1. The van der Waals surface area contributed by atoms with Gasteiger partial charge in [0, 0.05) is 18.5 Å². The number of carbonyl (C=O) groups is 1. The number of aromatic nitrogens is 3. The number of H-pyrrole nitrogens is 1. The third kappa shape index (κ3) is 2.35. The second-order valence-corrected chi connectivity index (χ2v) is 4.36. The van der Waals surface area contributed by atoms with Crippen molar-refractivity contribution >= 4 is 17.5 Å². The number of hydrogen-bond acceptors (Lipinski definition) is 3. The third-order valence-corrected chi connectivity index (χ3v) is 3.21. The van der Waals surface area contributed by atoms with Crippen LogP contribution in [-0.2, 0) is 0 Å². The fourth-order valence-corrected chi connectivity index (χ4v) is 2.32. The average molecular weight is 243 g/mol. The Morgan fingerprint density at radius 2 is 2.56 bits per heavy atom. The average Bonchev–Trinajstić information content (AvgIpc) is 2.96. The van der Waals surface area contributed by atoms with Crippen LogP contribution in [0, 0.1) is 0 Å². The Labute approximate surface area is 99.2 Å². The van der Waals surface area contributed by atoms with E-state index >= 15 is 0 Å². The lowest BCUT2D eigenvalue weighted by Crippen LogP contribution is -2.35. The van der Waals surface area contributed by atoms with Crippen LogP contribution in [0.15, 0.2) is 6.20 Å². The lowest BCUT2D eigenvalue weighted by molar-refractivity contribution is 0.0724. The molecule has 1 atom stereocenters. The zero-order valence-corrected chi connectivity index (χ0v) is 9.78. The first-order chi connectivity index (χ1) is 7.83.